The van der Waals surface area contributed by atoms with Crippen molar-refractivity contribution in [3.63, 3.8) is 0 Å². The summed E-state index contributed by atoms with van der Waals surface area (Å²) in [6.07, 6.45) is 0.528. The van der Waals surface area contributed by atoms with Crippen LogP contribution in [0, 0.1) is 5.92 Å². The number of nitrogens with two attached hydrogens (primary N) is 1. The van der Waals surface area contributed by atoms with E-state index in [9.17, 15) is 4.79 Å². The van der Waals surface area contributed by atoms with Gasteiger partial charge in [-0.3, -0.25) is 4.79 Å². The molecule has 2 atom stereocenters. The van der Waals surface area contributed by atoms with E-state index in [2.05, 4.69) is 5.16 Å². The Balaban J connectivity index is 4.88. The van der Waals surface area contributed by atoms with Crippen molar-refractivity contribution in [3.05, 3.63) is 0 Å². The number of rotatable bonds is 7. The topological polar surface area (TPSA) is 82.2 Å². The molecule has 0 saturated carbocycles. The van der Waals surface area contributed by atoms with Crippen molar-refractivity contribution < 1.29 is 10.0 Å². The van der Waals surface area contributed by atoms with Crippen molar-refractivity contribution in [2.24, 2.45) is 16.8 Å². The van der Waals surface area contributed by atoms with Gasteiger partial charge in [-0.1, -0.05) is 12.1 Å². The SMILES string of the molecule is CCC(C(=O)N(CC)C(C)CN(C)C)C(N)=NO. The Kier molecular flexibility index (Phi) is 7.35. The second-order valence-corrected chi connectivity index (χ2v) is 4.72. The lowest BCUT2D eigenvalue weighted by atomic mass is 10.0. The van der Waals surface area contributed by atoms with Gasteiger partial charge in [-0.25, -0.2) is 0 Å². The molecule has 0 aliphatic rings. The highest BCUT2D eigenvalue weighted by Crippen LogP contribution is 2.11. The first-order valence-electron chi connectivity index (χ1n) is 6.31. The third-order valence-corrected chi connectivity index (χ3v) is 2.96. The van der Waals surface area contributed by atoms with Crippen LogP contribution in [0.1, 0.15) is 27.2 Å². The molecule has 0 fully saturated rings. The van der Waals surface area contributed by atoms with Crippen LogP contribution in [0.4, 0.5) is 0 Å². The average Bonchev–Trinajstić information content (AvgIpc) is 2.29. The van der Waals surface area contributed by atoms with Crippen molar-refractivity contribution in [2.45, 2.75) is 33.2 Å². The number of oxime groups is 1. The Bertz CT molecular complexity index is 292. The van der Waals surface area contributed by atoms with Gasteiger partial charge in [0, 0.05) is 19.1 Å². The van der Waals surface area contributed by atoms with Crippen LogP contribution in [0.15, 0.2) is 5.16 Å². The number of amidine groups is 1. The van der Waals surface area contributed by atoms with Crippen molar-refractivity contribution in [1.82, 2.24) is 9.80 Å². The summed E-state index contributed by atoms with van der Waals surface area (Å²) in [5.41, 5.74) is 5.56. The first-order valence-corrected chi connectivity index (χ1v) is 6.31. The highest BCUT2D eigenvalue weighted by atomic mass is 16.4. The van der Waals surface area contributed by atoms with Gasteiger partial charge in [-0.05, 0) is 34.4 Å². The lowest BCUT2D eigenvalue weighted by Gasteiger charge is -2.32. The van der Waals surface area contributed by atoms with E-state index < -0.39 is 5.92 Å². The van der Waals surface area contributed by atoms with Crippen LogP contribution in [-0.2, 0) is 4.79 Å². The van der Waals surface area contributed by atoms with E-state index in [0.717, 1.165) is 6.54 Å². The van der Waals surface area contributed by atoms with Gasteiger partial charge in [0.05, 0.1) is 5.92 Å². The number of likely N-dealkylation sites (N-methyl/N-ethyl adjacent to an activating group) is 2. The summed E-state index contributed by atoms with van der Waals surface area (Å²) in [7, 11) is 3.94. The molecule has 0 aliphatic heterocycles. The number of nitrogens with zero attached hydrogens (tertiary/aromatic N) is 3. The Labute approximate surface area is 109 Å². The quantitative estimate of drug-likeness (QED) is 0.302. The van der Waals surface area contributed by atoms with Crippen LogP contribution in [0.25, 0.3) is 0 Å². The first kappa shape index (κ1) is 16.7. The van der Waals surface area contributed by atoms with Gasteiger partial charge >= 0.3 is 0 Å². The minimum atomic E-state index is -0.542. The molecule has 3 N–H and O–H groups in total. The van der Waals surface area contributed by atoms with E-state index in [1.165, 1.54) is 0 Å². The summed E-state index contributed by atoms with van der Waals surface area (Å²) in [4.78, 5) is 16.2. The average molecular weight is 258 g/mol. The Morgan fingerprint density at radius 2 is 1.94 bits per heavy atom. The highest BCUT2D eigenvalue weighted by molar-refractivity contribution is 6.02. The second kappa shape index (κ2) is 7.92. The minimum absolute atomic E-state index is 0.0157. The van der Waals surface area contributed by atoms with E-state index >= 15 is 0 Å². The molecule has 6 heteroatoms. The maximum atomic E-state index is 12.4. The predicted molar refractivity (Wildman–Crippen MR) is 72.6 cm³/mol. The van der Waals surface area contributed by atoms with Gasteiger partial charge < -0.3 is 20.7 Å². The molecule has 0 bridgehead atoms. The lowest BCUT2D eigenvalue weighted by Crippen LogP contribution is -2.48. The van der Waals surface area contributed by atoms with Crippen molar-refractivity contribution >= 4 is 11.7 Å². The molecule has 0 radical (unpaired) electrons. The van der Waals surface area contributed by atoms with E-state index in [0.29, 0.717) is 13.0 Å². The van der Waals surface area contributed by atoms with Gasteiger partial charge in [0.1, 0.15) is 0 Å². The first-order chi connectivity index (χ1) is 8.38. The molecular weight excluding hydrogens is 232 g/mol. The number of carbonyl (C=O) groups excluding carboxylic acids is 1. The van der Waals surface area contributed by atoms with Gasteiger partial charge in [0.2, 0.25) is 5.91 Å². The van der Waals surface area contributed by atoms with Gasteiger partial charge in [0.25, 0.3) is 0 Å². The molecule has 2 unspecified atom stereocenters. The Morgan fingerprint density at radius 3 is 2.28 bits per heavy atom. The second-order valence-electron chi connectivity index (χ2n) is 4.72. The number of hydrogen-bond acceptors (Lipinski definition) is 4. The molecule has 0 heterocycles. The molecule has 0 spiro atoms. The molecule has 106 valence electrons. The van der Waals surface area contributed by atoms with Crippen LogP contribution < -0.4 is 5.73 Å². The van der Waals surface area contributed by atoms with E-state index in [4.69, 9.17) is 10.9 Å². The normalized spacial score (nSPS) is 15.6. The smallest absolute Gasteiger partial charge is 0.233 e. The molecule has 0 aromatic heterocycles. The standard InChI is InChI=1S/C12H26N4O2/c1-6-10(11(13)14-18)12(17)16(7-2)9(3)8-15(4)5/h9-10,18H,6-8H2,1-5H3,(H2,13,14). The molecule has 18 heavy (non-hydrogen) atoms. The fourth-order valence-corrected chi connectivity index (χ4v) is 2.09. The third-order valence-electron chi connectivity index (χ3n) is 2.96. The zero-order chi connectivity index (χ0) is 14.3. The monoisotopic (exact) mass is 258 g/mol. The maximum absolute atomic E-state index is 12.4. The van der Waals surface area contributed by atoms with Crippen LogP contribution in [0.5, 0.6) is 0 Å². The molecule has 6 nitrogen and oxygen atoms in total. The van der Waals surface area contributed by atoms with E-state index in [1.807, 2.05) is 39.8 Å². The fraction of sp³-hybridized carbons (Fsp3) is 0.833. The van der Waals surface area contributed by atoms with Gasteiger partial charge in [-0.2, -0.15) is 0 Å². The molecule has 1 amide bonds. The molecule has 0 aliphatic carbocycles. The molecule has 0 aromatic rings. The Hall–Kier alpha value is -1.30. The molecule has 0 saturated heterocycles. The molecule has 0 aromatic carbocycles. The summed E-state index contributed by atoms with van der Waals surface area (Å²) < 4.78 is 0. The van der Waals surface area contributed by atoms with E-state index in [-0.39, 0.29) is 17.8 Å². The zero-order valence-corrected chi connectivity index (χ0v) is 12.1. The largest absolute Gasteiger partial charge is 0.409 e. The van der Waals surface area contributed by atoms with Crippen LogP contribution in [-0.4, -0.2) is 60.0 Å². The third kappa shape index (κ3) is 4.52. The van der Waals surface area contributed by atoms with Crippen molar-refractivity contribution in [3.8, 4) is 0 Å². The number of amides is 1. The Morgan fingerprint density at radius 1 is 1.39 bits per heavy atom. The highest BCUT2D eigenvalue weighted by Gasteiger charge is 2.28. The van der Waals surface area contributed by atoms with Crippen molar-refractivity contribution in [2.75, 3.05) is 27.2 Å². The molecular formula is C12H26N4O2. The van der Waals surface area contributed by atoms with Crippen LogP contribution >= 0.6 is 0 Å². The number of hydrogen-bond donors (Lipinski definition) is 2. The van der Waals surface area contributed by atoms with Crippen LogP contribution in [0.2, 0.25) is 0 Å². The lowest BCUT2D eigenvalue weighted by molar-refractivity contribution is -0.135. The fourth-order valence-electron chi connectivity index (χ4n) is 2.09. The summed E-state index contributed by atoms with van der Waals surface area (Å²) in [5.74, 6) is -0.637. The van der Waals surface area contributed by atoms with Gasteiger partial charge in [-0.15, -0.1) is 0 Å². The summed E-state index contributed by atoms with van der Waals surface area (Å²) >= 11 is 0. The van der Waals surface area contributed by atoms with E-state index in [1.54, 1.807) is 4.90 Å². The summed E-state index contributed by atoms with van der Waals surface area (Å²) in [6, 6.07) is 0.0954. The van der Waals surface area contributed by atoms with Crippen LogP contribution in [0.3, 0.4) is 0 Å². The maximum Gasteiger partial charge on any atom is 0.233 e. The molecule has 0 rings (SSSR count). The summed E-state index contributed by atoms with van der Waals surface area (Å²) in [6.45, 7) is 7.18. The zero-order valence-electron chi connectivity index (χ0n) is 12.1. The summed E-state index contributed by atoms with van der Waals surface area (Å²) in [5, 5.41) is 11.7. The van der Waals surface area contributed by atoms with Crippen molar-refractivity contribution in [1.29, 1.82) is 0 Å². The predicted octanol–water partition coefficient (Wildman–Crippen LogP) is 0.558. The minimum Gasteiger partial charge on any atom is -0.409 e. The van der Waals surface area contributed by atoms with Gasteiger partial charge in [0.15, 0.2) is 5.84 Å². The number of carbonyl (C=O) groups is 1.